The van der Waals surface area contributed by atoms with Crippen LogP contribution in [0.3, 0.4) is 0 Å². The highest BCUT2D eigenvalue weighted by atomic mass is 14.7. The average Bonchev–Trinajstić information content (AvgIpc) is 2.95. The van der Waals surface area contributed by atoms with Gasteiger partial charge in [-0.2, -0.15) is 0 Å². The second kappa shape index (κ2) is 2.39. The summed E-state index contributed by atoms with van der Waals surface area (Å²) in [5.74, 6) is 9.38. The van der Waals surface area contributed by atoms with Crippen LogP contribution >= 0.6 is 0 Å². The molecule has 0 spiro atoms. The Morgan fingerprint density at radius 2 is 0.786 bits per heavy atom. The second-order valence-corrected chi connectivity index (χ2v) is 6.88. The Morgan fingerprint density at radius 1 is 0.500 bits per heavy atom. The fourth-order valence-electron chi connectivity index (χ4n) is 4.34. The third kappa shape index (κ3) is 1.12. The zero-order chi connectivity index (χ0) is 9.45. The highest BCUT2D eigenvalue weighted by Crippen LogP contribution is 2.69. The van der Waals surface area contributed by atoms with E-state index in [0.717, 1.165) is 11.8 Å². The summed E-state index contributed by atoms with van der Waals surface area (Å²) in [5.41, 5.74) is 0. The van der Waals surface area contributed by atoms with Crippen LogP contribution in [0.5, 0.6) is 0 Å². The Hall–Kier alpha value is 0. The van der Waals surface area contributed by atoms with Crippen molar-refractivity contribution >= 4 is 0 Å². The zero-order valence-electron chi connectivity index (χ0n) is 9.45. The molecule has 0 aromatic rings. The molecule has 8 unspecified atom stereocenters. The lowest BCUT2D eigenvalue weighted by atomic mass is 10.1. The molecule has 4 fully saturated rings. The molecule has 78 valence electrons. The van der Waals surface area contributed by atoms with Gasteiger partial charge in [-0.15, -0.1) is 0 Å². The van der Waals surface area contributed by atoms with Crippen LogP contribution in [0.1, 0.15) is 39.5 Å². The monoisotopic (exact) mass is 190 g/mol. The summed E-state index contributed by atoms with van der Waals surface area (Å²) in [6, 6.07) is 0. The fourth-order valence-corrected chi connectivity index (χ4v) is 4.34. The molecule has 0 amide bonds. The molecule has 4 rings (SSSR count). The molecule has 0 heterocycles. The van der Waals surface area contributed by atoms with Crippen LogP contribution in [-0.2, 0) is 0 Å². The van der Waals surface area contributed by atoms with Gasteiger partial charge in [-0.1, -0.05) is 13.8 Å². The van der Waals surface area contributed by atoms with Gasteiger partial charge in [0.15, 0.2) is 0 Å². The van der Waals surface area contributed by atoms with E-state index >= 15 is 0 Å². The summed E-state index contributed by atoms with van der Waals surface area (Å²) >= 11 is 0. The van der Waals surface area contributed by atoms with Crippen LogP contribution in [0.15, 0.2) is 0 Å². The van der Waals surface area contributed by atoms with Crippen LogP contribution in [0.4, 0.5) is 0 Å². The lowest BCUT2D eigenvalue weighted by Gasteiger charge is -1.97. The van der Waals surface area contributed by atoms with Crippen molar-refractivity contribution in [2.24, 2.45) is 47.3 Å². The van der Waals surface area contributed by atoms with Gasteiger partial charge < -0.3 is 0 Å². The summed E-state index contributed by atoms with van der Waals surface area (Å²) in [5, 5.41) is 0. The zero-order valence-corrected chi connectivity index (χ0v) is 9.45. The standard InChI is InChI=1S/C14H22/c1-7-3-9(7)11-5-13(11)14-6-12(14)10-4-8(10)2/h7-14H,3-6H2,1-2H3. The van der Waals surface area contributed by atoms with Crippen molar-refractivity contribution in [3.05, 3.63) is 0 Å². The van der Waals surface area contributed by atoms with Crippen molar-refractivity contribution < 1.29 is 0 Å². The Labute approximate surface area is 87.5 Å². The maximum atomic E-state index is 2.45. The summed E-state index contributed by atoms with van der Waals surface area (Å²) in [4.78, 5) is 0. The molecule has 0 bridgehead atoms. The van der Waals surface area contributed by atoms with Gasteiger partial charge in [0, 0.05) is 0 Å². The first-order valence-electron chi connectivity index (χ1n) is 6.75. The minimum Gasteiger partial charge on any atom is -0.0622 e. The quantitative estimate of drug-likeness (QED) is 0.638. The number of rotatable bonds is 3. The van der Waals surface area contributed by atoms with Crippen molar-refractivity contribution in [3.63, 3.8) is 0 Å². The fraction of sp³-hybridized carbons (Fsp3) is 1.00. The van der Waals surface area contributed by atoms with E-state index < -0.39 is 0 Å². The molecule has 0 nitrogen and oxygen atoms in total. The first-order valence-corrected chi connectivity index (χ1v) is 6.75. The highest BCUT2D eigenvalue weighted by molar-refractivity contribution is 5.11. The van der Waals surface area contributed by atoms with E-state index in [-0.39, 0.29) is 0 Å². The van der Waals surface area contributed by atoms with E-state index in [2.05, 4.69) is 13.8 Å². The van der Waals surface area contributed by atoms with E-state index in [1.807, 2.05) is 0 Å². The second-order valence-electron chi connectivity index (χ2n) is 6.88. The van der Waals surface area contributed by atoms with Crippen LogP contribution in [0.25, 0.3) is 0 Å². The Balaban J connectivity index is 1.32. The topological polar surface area (TPSA) is 0 Å². The van der Waals surface area contributed by atoms with Gasteiger partial charge in [0.25, 0.3) is 0 Å². The molecule has 14 heavy (non-hydrogen) atoms. The molecule has 0 aliphatic heterocycles. The SMILES string of the molecule is CC1CC1C1CC1C1CC1C1CC1C. The summed E-state index contributed by atoms with van der Waals surface area (Å²) in [6.45, 7) is 4.90. The molecular weight excluding hydrogens is 168 g/mol. The summed E-state index contributed by atoms with van der Waals surface area (Å²) < 4.78 is 0. The van der Waals surface area contributed by atoms with Gasteiger partial charge in [-0.3, -0.25) is 0 Å². The van der Waals surface area contributed by atoms with Crippen LogP contribution < -0.4 is 0 Å². The predicted molar refractivity (Wildman–Crippen MR) is 57.7 cm³/mol. The summed E-state index contributed by atoms with van der Waals surface area (Å²) in [7, 11) is 0. The minimum absolute atomic E-state index is 1.10. The van der Waals surface area contributed by atoms with Crippen LogP contribution in [0.2, 0.25) is 0 Å². The molecule has 4 aliphatic carbocycles. The van der Waals surface area contributed by atoms with Crippen LogP contribution in [-0.4, -0.2) is 0 Å². The molecule has 4 saturated carbocycles. The molecule has 0 N–H and O–H groups in total. The number of hydrogen-bond donors (Lipinski definition) is 0. The molecule has 0 saturated heterocycles. The predicted octanol–water partition coefficient (Wildman–Crippen LogP) is 3.57. The Bertz CT molecular complexity index is 241. The Kier molecular flexibility index (Phi) is 1.40. The third-order valence-corrected chi connectivity index (χ3v) is 5.78. The van der Waals surface area contributed by atoms with E-state index in [4.69, 9.17) is 0 Å². The van der Waals surface area contributed by atoms with Crippen molar-refractivity contribution in [3.8, 4) is 0 Å². The lowest BCUT2D eigenvalue weighted by molar-refractivity contribution is 0.500. The maximum Gasteiger partial charge on any atom is -0.0349 e. The maximum absolute atomic E-state index is 2.45. The van der Waals surface area contributed by atoms with Gasteiger partial charge in [-0.25, -0.2) is 0 Å². The third-order valence-electron chi connectivity index (χ3n) is 5.78. The number of hydrogen-bond acceptors (Lipinski definition) is 0. The van der Waals surface area contributed by atoms with Crippen LogP contribution in [0, 0.1) is 47.3 Å². The molecule has 0 radical (unpaired) electrons. The molecule has 8 atom stereocenters. The summed E-state index contributed by atoms with van der Waals surface area (Å²) in [6.07, 6.45) is 6.38. The van der Waals surface area contributed by atoms with E-state index in [1.54, 1.807) is 25.7 Å². The Morgan fingerprint density at radius 3 is 1.07 bits per heavy atom. The van der Waals surface area contributed by atoms with E-state index in [0.29, 0.717) is 0 Å². The van der Waals surface area contributed by atoms with Gasteiger partial charge in [0.1, 0.15) is 0 Å². The molecular formula is C14H22. The molecule has 0 aromatic carbocycles. The van der Waals surface area contributed by atoms with E-state index in [9.17, 15) is 0 Å². The average molecular weight is 190 g/mol. The molecule has 4 aliphatic rings. The van der Waals surface area contributed by atoms with Crippen molar-refractivity contribution in [2.45, 2.75) is 39.5 Å². The minimum atomic E-state index is 1.10. The van der Waals surface area contributed by atoms with Crippen molar-refractivity contribution in [1.82, 2.24) is 0 Å². The highest BCUT2D eigenvalue weighted by Gasteiger charge is 2.62. The molecule has 0 aromatic heterocycles. The molecule has 0 heteroatoms. The first-order chi connectivity index (χ1) is 6.75. The van der Waals surface area contributed by atoms with Crippen molar-refractivity contribution in [1.29, 1.82) is 0 Å². The first kappa shape index (κ1) is 8.19. The van der Waals surface area contributed by atoms with E-state index in [1.165, 1.54) is 35.5 Å². The van der Waals surface area contributed by atoms with Gasteiger partial charge in [-0.05, 0) is 73.0 Å². The van der Waals surface area contributed by atoms with Gasteiger partial charge in [0.05, 0.1) is 0 Å². The smallest absolute Gasteiger partial charge is 0.0349 e. The normalized spacial score (nSPS) is 69.0. The van der Waals surface area contributed by atoms with Gasteiger partial charge in [0.2, 0.25) is 0 Å². The van der Waals surface area contributed by atoms with Crippen molar-refractivity contribution in [2.75, 3.05) is 0 Å². The van der Waals surface area contributed by atoms with Gasteiger partial charge >= 0.3 is 0 Å². The lowest BCUT2D eigenvalue weighted by Crippen LogP contribution is -1.93. The largest absolute Gasteiger partial charge is 0.0622 e.